The highest BCUT2D eigenvalue weighted by molar-refractivity contribution is 5.86. The van der Waals surface area contributed by atoms with E-state index in [1.165, 1.54) is 13.2 Å². The van der Waals surface area contributed by atoms with Gasteiger partial charge in [-0.3, -0.25) is 0 Å². The van der Waals surface area contributed by atoms with E-state index in [4.69, 9.17) is 4.74 Å². The molecule has 0 spiro atoms. The van der Waals surface area contributed by atoms with Gasteiger partial charge in [0, 0.05) is 6.07 Å². The van der Waals surface area contributed by atoms with Crippen molar-refractivity contribution in [1.29, 1.82) is 0 Å². The van der Waals surface area contributed by atoms with Gasteiger partial charge in [0.1, 0.15) is 5.75 Å². The average molecular weight is 192 g/mol. The van der Waals surface area contributed by atoms with Gasteiger partial charge in [-0.2, -0.15) is 0 Å². The SMILES string of the molecule is COc1ccc2cc(=O)oc(O)c2c1. The van der Waals surface area contributed by atoms with Crippen molar-refractivity contribution in [1.82, 2.24) is 0 Å². The van der Waals surface area contributed by atoms with Gasteiger partial charge in [-0.1, -0.05) is 6.07 Å². The van der Waals surface area contributed by atoms with Gasteiger partial charge in [0.05, 0.1) is 12.5 Å². The van der Waals surface area contributed by atoms with Crippen LogP contribution in [0.3, 0.4) is 0 Å². The molecule has 0 saturated carbocycles. The smallest absolute Gasteiger partial charge is 0.339 e. The predicted molar refractivity (Wildman–Crippen MR) is 50.7 cm³/mol. The molecule has 2 rings (SSSR count). The second kappa shape index (κ2) is 3.06. The number of ether oxygens (including phenoxy) is 1. The second-order valence-electron chi connectivity index (χ2n) is 2.82. The fourth-order valence-corrected chi connectivity index (χ4v) is 1.28. The second-order valence-corrected chi connectivity index (χ2v) is 2.82. The number of hydrogen-bond donors (Lipinski definition) is 1. The van der Waals surface area contributed by atoms with Crippen LogP contribution in [0.2, 0.25) is 0 Å². The Kier molecular flexibility index (Phi) is 1.89. The molecule has 0 amide bonds. The first-order valence-electron chi connectivity index (χ1n) is 4.01. The molecule has 4 heteroatoms. The van der Waals surface area contributed by atoms with Gasteiger partial charge in [-0.25, -0.2) is 4.79 Å². The number of rotatable bonds is 1. The lowest BCUT2D eigenvalue weighted by atomic mass is 10.2. The standard InChI is InChI=1S/C10H8O4/c1-13-7-3-2-6-4-9(11)14-10(12)8(6)5-7/h2-5,12H,1H3. The van der Waals surface area contributed by atoms with Gasteiger partial charge in [-0.05, 0) is 17.5 Å². The summed E-state index contributed by atoms with van der Waals surface area (Å²) in [5, 5.41) is 10.4. The molecule has 0 unspecified atom stereocenters. The molecular weight excluding hydrogens is 184 g/mol. The summed E-state index contributed by atoms with van der Waals surface area (Å²) >= 11 is 0. The summed E-state index contributed by atoms with van der Waals surface area (Å²) in [4.78, 5) is 10.9. The van der Waals surface area contributed by atoms with Crippen LogP contribution >= 0.6 is 0 Å². The van der Waals surface area contributed by atoms with Crippen molar-refractivity contribution in [3.05, 3.63) is 34.7 Å². The van der Waals surface area contributed by atoms with E-state index in [1.54, 1.807) is 18.2 Å². The Morgan fingerprint density at radius 3 is 2.86 bits per heavy atom. The van der Waals surface area contributed by atoms with Gasteiger partial charge in [0.15, 0.2) is 0 Å². The molecule has 0 fully saturated rings. The van der Waals surface area contributed by atoms with E-state index < -0.39 is 5.63 Å². The summed E-state index contributed by atoms with van der Waals surface area (Å²) in [6.07, 6.45) is 0. The Hall–Kier alpha value is -1.97. The minimum Gasteiger partial charge on any atom is -0.497 e. The zero-order valence-corrected chi connectivity index (χ0v) is 7.48. The predicted octanol–water partition coefficient (Wildman–Crippen LogP) is 1.51. The fraction of sp³-hybridized carbons (Fsp3) is 0.100. The van der Waals surface area contributed by atoms with Gasteiger partial charge < -0.3 is 14.3 Å². The van der Waals surface area contributed by atoms with Crippen LogP contribution in [0.5, 0.6) is 11.7 Å². The van der Waals surface area contributed by atoms with Crippen molar-refractivity contribution in [2.45, 2.75) is 0 Å². The number of benzene rings is 1. The van der Waals surface area contributed by atoms with Gasteiger partial charge in [0.2, 0.25) is 0 Å². The number of fused-ring (bicyclic) bond motifs is 1. The minimum absolute atomic E-state index is 0.383. The molecule has 2 aromatic rings. The third kappa shape index (κ3) is 1.31. The maximum atomic E-state index is 10.9. The lowest BCUT2D eigenvalue weighted by Gasteiger charge is -2.02. The summed E-state index contributed by atoms with van der Waals surface area (Å²) in [5.74, 6) is 0.216. The molecule has 0 atom stereocenters. The van der Waals surface area contributed by atoms with Crippen LogP contribution in [0.4, 0.5) is 0 Å². The van der Waals surface area contributed by atoms with E-state index in [9.17, 15) is 9.90 Å². The quantitative estimate of drug-likeness (QED) is 0.743. The van der Waals surface area contributed by atoms with Crippen LogP contribution < -0.4 is 10.4 Å². The van der Waals surface area contributed by atoms with Crippen LogP contribution in [0.1, 0.15) is 0 Å². The summed E-state index contributed by atoms with van der Waals surface area (Å²) < 4.78 is 9.51. The fourth-order valence-electron chi connectivity index (χ4n) is 1.28. The Morgan fingerprint density at radius 1 is 1.36 bits per heavy atom. The molecule has 0 aliphatic carbocycles. The van der Waals surface area contributed by atoms with Crippen LogP contribution in [-0.4, -0.2) is 12.2 Å². The first-order valence-corrected chi connectivity index (χ1v) is 4.01. The molecular formula is C10H8O4. The molecule has 0 aliphatic rings. The third-order valence-electron chi connectivity index (χ3n) is 1.96. The highest BCUT2D eigenvalue weighted by Gasteiger charge is 2.04. The van der Waals surface area contributed by atoms with Crippen molar-refractivity contribution in [3.8, 4) is 11.7 Å². The van der Waals surface area contributed by atoms with E-state index >= 15 is 0 Å². The molecule has 1 heterocycles. The maximum Gasteiger partial charge on any atom is 0.339 e. The first kappa shape index (κ1) is 8.62. The molecule has 0 radical (unpaired) electrons. The van der Waals surface area contributed by atoms with Gasteiger partial charge >= 0.3 is 5.63 Å². The summed E-state index contributed by atoms with van der Waals surface area (Å²) in [5.41, 5.74) is -0.569. The van der Waals surface area contributed by atoms with Crippen LogP contribution in [0.15, 0.2) is 33.5 Å². The third-order valence-corrected chi connectivity index (χ3v) is 1.96. The summed E-state index contributed by atoms with van der Waals surface area (Å²) in [6, 6.07) is 6.31. The average Bonchev–Trinajstić information content (AvgIpc) is 2.17. The lowest BCUT2D eigenvalue weighted by molar-refractivity contribution is 0.317. The molecule has 1 aromatic carbocycles. The molecule has 0 bridgehead atoms. The molecule has 14 heavy (non-hydrogen) atoms. The molecule has 0 aliphatic heterocycles. The van der Waals surface area contributed by atoms with Crippen LogP contribution in [0.25, 0.3) is 10.8 Å². The zero-order chi connectivity index (χ0) is 10.1. The number of aromatic hydroxyl groups is 1. The number of methoxy groups -OCH3 is 1. The van der Waals surface area contributed by atoms with E-state index in [2.05, 4.69) is 4.42 Å². The highest BCUT2D eigenvalue weighted by Crippen LogP contribution is 2.26. The van der Waals surface area contributed by atoms with Crippen molar-refractivity contribution < 1.29 is 14.3 Å². The van der Waals surface area contributed by atoms with Crippen molar-refractivity contribution in [2.24, 2.45) is 0 Å². The number of hydrogen-bond acceptors (Lipinski definition) is 4. The first-order chi connectivity index (χ1) is 6.70. The van der Waals surface area contributed by atoms with E-state index in [1.807, 2.05) is 0 Å². The van der Waals surface area contributed by atoms with Gasteiger partial charge in [-0.15, -0.1) is 0 Å². The van der Waals surface area contributed by atoms with Crippen LogP contribution in [0, 0.1) is 0 Å². The summed E-state index contributed by atoms with van der Waals surface area (Å²) in [6.45, 7) is 0. The van der Waals surface area contributed by atoms with Gasteiger partial charge in [0.25, 0.3) is 5.95 Å². The highest BCUT2D eigenvalue weighted by atomic mass is 16.5. The maximum absolute atomic E-state index is 10.9. The monoisotopic (exact) mass is 192 g/mol. The Morgan fingerprint density at radius 2 is 2.14 bits per heavy atom. The topological polar surface area (TPSA) is 59.7 Å². The van der Waals surface area contributed by atoms with Crippen molar-refractivity contribution in [2.75, 3.05) is 7.11 Å². The van der Waals surface area contributed by atoms with E-state index in [0.29, 0.717) is 16.5 Å². The molecule has 0 saturated heterocycles. The normalized spacial score (nSPS) is 10.4. The van der Waals surface area contributed by atoms with E-state index in [-0.39, 0.29) is 5.95 Å². The Balaban J connectivity index is 2.82. The molecule has 4 nitrogen and oxygen atoms in total. The van der Waals surface area contributed by atoms with E-state index in [0.717, 1.165) is 0 Å². The Labute approximate surface area is 79.4 Å². The Bertz CT molecular complexity index is 527. The lowest BCUT2D eigenvalue weighted by Crippen LogP contribution is -1.95. The summed E-state index contributed by atoms with van der Waals surface area (Å²) in [7, 11) is 1.53. The molecule has 72 valence electrons. The zero-order valence-electron chi connectivity index (χ0n) is 7.48. The van der Waals surface area contributed by atoms with Crippen LogP contribution in [-0.2, 0) is 0 Å². The largest absolute Gasteiger partial charge is 0.497 e. The van der Waals surface area contributed by atoms with Crippen molar-refractivity contribution in [3.63, 3.8) is 0 Å². The molecule has 1 N–H and O–H groups in total. The minimum atomic E-state index is -0.569. The molecule has 1 aromatic heterocycles. The van der Waals surface area contributed by atoms with Crippen molar-refractivity contribution >= 4 is 10.8 Å².